The maximum atomic E-state index is 13.8. The summed E-state index contributed by atoms with van der Waals surface area (Å²) in [6.07, 6.45) is 5.45. The molecule has 1 N–H and O–H groups in total. The Hall–Kier alpha value is -0.480. The van der Waals surface area contributed by atoms with Crippen LogP contribution in [0.3, 0.4) is 0 Å². The van der Waals surface area contributed by atoms with Gasteiger partial charge in [-0.3, -0.25) is 0 Å². The van der Waals surface area contributed by atoms with Crippen molar-refractivity contribution in [1.82, 2.24) is 5.32 Å². The summed E-state index contributed by atoms with van der Waals surface area (Å²) in [4.78, 5) is 0. The summed E-state index contributed by atoms with van der Waals surface area (Å²) < 4.78 is 27.8. The largest absolute Gasteiger partial charge is 0.310 e. The lowest BCUT2D eigenvalue weighted by molar-refractivity contribution is 0.422. The van der Waals surface area contributed by atoms with Crippen LogP contribution >= 0.6 is 15.9 Å². The van der Waals surface area contributed by atoms with Gasteiger partial charge in [0.05, 0.1) is 4.47 Å². The van der Waals surface area contributed by atoms with Gasteiger partial charge in [0.25, 0.3) is 0 Å². The summed E-state index contributed by atoms with van der Waals surface area (Å²) >= 11 is 3.09. The van der Waals surface area contributed by atoms with Gasteiger partial charge in [0, 0.05) is 18.2 Å². The quantitative estimate of drug-likeness (QED) is 0.646. The van der Waals surface area contributed by atoms with Crippen molar-refractivity contribution in [2.75, 3.05) is 0 Å². The highest BCUT2D eigenvalue weighted by Crippen LogP contribution is 2.22. The van der Waals surface area contributed by atoms with E-state index in [2.05, 4.69) is 35.1 Å². The Morgan fingerprint density at radius 1 is 1.16 bits per heavy atom. The molecule has 1 atom stereocenters. The van der Waals surface area contributed by atoms with Crippen molar-refractivity contribution in [2.24, 2.45) is 0 Å². The van der Waals surface area contributed by atoms with Crippen molar-refractivity contribution in [3.05, 3.63) is 33.8 Å². The number of benzene rings is 1. The molecule has 0 saturated heterocycles. The standard InChI is InChI=1S/C15H22BrF2N/c1-3-5-7-11(6-4-2)19-10-12-14(17)9-8-13(16)15(12)18/h8-9,11,19H,3-7,10H2,1-2H3. The molecular weight excluding hydrogens is 312 g/mol. The zero-order valence-electron chi connectivity index (χ0n) is 11.6. The monoisotopic (exact) mass is 333 g/mol. The summed E-state index contributed by atoms with van der Waals surface area (Å²) in [5, 5.41) is 3.28. The van der Waals surface area contributed by atoms with E-state index in [1.165, 1.54) is 12.1 Å². The van der Waals surface area contributed by atoms with Gasteiger partial charge in [-0.15, -0.1) is 0 Å². The molecule has 0 aliphatic carbocycles. The van der Waals surface area contributed by atoms with Crippen molar-refractivity contribution in [2.45, 2.75) is 58.5 Å². The second-order valence-corrected chi connectivity index (χ2v) is 5.68. The third-order valence-corrected chi connectivity index (χ3v) is 3.86. The molecule has 4 heteroatoms. The Kier molecular flexibility index (Phi) is 7.54. The van der Waals surface area contributed by atoms with E-state index in [0.717, 1.165) is 32.1 Å². The number of rotatable bonds is 8. The van der Waals surface area contributed by atoms with Gasteiger partial charge < -0.3 is 5.32 Å². The van der Waals surface area contributed by atoms with Crippen LogP contribution in [-0.4, -0.2) is 6.04 Å². The van der Waals surface area contributed by atoms with Crippen LogP contribution in [0, 0.1) is 11.6 Å². The molecule has 0 heterocycles. The smallest absolute Gasteiger partial charge is 0.144 e. The lowest BCUT2D eigenvalue weighted by Crippen LogP contribution is -2.29. The van der Waals surface area contributed by atoms with Crippen LogP contribution in [0.15, 0.2) is 16.6 Å². The molecule has 0 saturated carbocycles. The third-order valence-electron chi connectivity index (χ3n) is 3.25. The Bertz CT molecular complexity index is 396. The van der Waals surface area contributed by atoms with Gasteiger partial charge in [-0.05, 0) is 40.9 Å². The normalized spacial score (nSPS) is 12.7. The van der Waals surface area contributed by atoms with Crippen LogP contribution in [0.2, 0.25) is 0 Å². The third kappa shape index (κ3) is 5.19. The minimum absolute atomic E-state index is 0.118. The Balaban J connectivity index is 2.65. The van der Waals surface area contributed by atoms with Gasteiger partial charge >= 0.3 is 0 Å². The number of hydrogen-bond donors (Lipinski definition) is 1. The Labute approximate surface area is 122 Å². The highest BCUT2D eigenvalue weighted by Gasteiger charge is 2.14. The molecule has 1 aromatic carbocycles. The summed E-state index contributed by atoms with van der Waals surface area (Å²) in [7, 11) is 0. The van der Waals surface area contributed by atoms with E-state index in [9.17, 15) is 8.78 Å². The lowest BCUT2D eigenvalue weighted by Gasteiger charge is -2.18. The summed E-state index contributed by atoms with van der Waals surface area (Å²) in [6, 6.07) is 3.03. The summed E-state index contributed by atoms with van der Waals surface area (Å²) in [6.45, 7) is 4.52. The zero-order valence-corrected chi connectivity index (χ0v) is 13.2. The van der Waals surface area contributed by atoms with Gasteiger partial charge in [0.2, 0.25) is 0 Å². The first-order chi connectivity index (χ1) is 9.10. The number of unbranched alkanes of at least 4 members (excludes halogenated alkanes) is 1. The van der Waals surface area contributed by atoms with Crippen molar-refractivity contribution in [3.8, 4) is 0 Å². The van der Waals surface area contributed by atoms with E-state index in [1.807, 2.05) is 0 Å². The average Bonchev–Trinajstić information content (AvgIpc) is 2.40. The first kappa shape index (κ1) is 16.6. The fourth-order valence-corrected chi connectivity index (χ4v) is 2.50. The minimum atomic E-state index is -0.502. The Morgan fingerprint density at radius 3 is 2.53 bits per heavy atom. The molecule has 1 nitrogen and oxygen atoms in total. The SMILES string of the molecule is CCCCC(CCC)NCc1c(F)ccc(Br)c1F. The average molecular weight is 334 g/mol. The predicted octanol–water partition coefficient (Wildman–Crippen LogP) is 5.18. The van der Waals surface area contributed by atoms with Gasteiger partial charge in [0.15, 0.2) is 0 Å². The lowest BCUT2D eigenvalue weighted by atomic mass is 10.0. The van der Waals surface area contributed by atoms with Crippen molar-refractivity contribution in [3.63, 3.8) is 0 Å². The predicted molar refractivity (Wildman–Crippen MR) is 79.1 cm³/mol. The van der Waals surface area contributed by atoms with Gasteiger partial charge in [0.1, 0.15) is 11.6 Å². The molecule has 0 aromatic heterocycles. The first-order valence-corrected chi connectivity index (χ1v) is 7.75. The molecule has 1 aromatic rings. The Morgan fingerprint density at radius 2 is 1.89 bits per heavy atom. The fraction of sp³-hybridized carbons (Fsp3) is 0.600. The summed E-state index contributed by atoms with van der Waals surface area (Å²) in [5.74, 6) is -0.989. The molecule has 0 bridgehead atoms. The molecule has 0 radical (unpaired) electrons. The van der Waals surface area contributed by atoms with Crippen molar-refractivity contribution in [1.29, 1.82) is 0 Å². The molecule has 0 fully saturated rings. The number of hydrogen-bond acceptors (Lipinski definition) is 1. The van der Waals surface area contributed by atoms with E-state index < -0.39 is 11.6 Å². The van der Waals surface area contributed by atoms with Crippen LogP contribution in [0.5, 0.6) is 0 Å². The molecule has 0 spiro atoms. The van der Waals surface area contributed by atoms with Crippen molar-refractivity contribution >= 4 is 15.9 Å². The number of nitrogens with one attached hydrogen (secondary N) is 1. The molecule has 19 heavy (non-hydrogen) atoms. The number of halogens is 3. The van der Waals surface area contributed by atoms with E-state index in [-0.39, 0.29) is 12.1 Å². The van der Waals surface area contributed by atoms with Crippen molar-refractivity contribution < 1.29 is 8.78 Å². The van der Waals surface area contributed by atoms with Gasteiger partial charge in [-0.25, -0.2) is 8.78 Å². The highest BCUT2D eigenvalue weighted by molar-refractivity contribution is 9.10. The topological polar surface area (TPSA) is 12.0 Å². The molecule has 0 aliphatic heterocycles. The molecule has 108 valence electrons. The second-order valence-electron chi connectivity index (χ2n) is 4.83. The van der Waals surface area contributed by atoms with Crippen LogP contribution in [0.25, 0.3) is 0 Å². The zero-order chi connectivity index (χ0) is 14.3. The maximum absolute atomic E-state index is 13.8. The molecular formula is C15H22BrF2N. The molecule has 1 rings (SSSR count). The second kappa shape index (κ2) is 8.64. The van der Waals surface area contributed by atoms with Crippen LogP contribution in [0.1, 0.15) is 51.5 Å². The molecule has 0 aliphatic rings. The summed E-state index contributed by atoms with van der Waals surface area (Å²) in [5.41, 5.74) is 0.118. The van der Waals surface area contributed by atoms with Gasteiger partial charge in [-0.2, -0.15) is 0 Å². The molecule has 1 unspecified atom stereocenters. The highest BCUT2D eigenvalue weighted by atomic mass is 79.9. The minimum Gasteiger partial charge on any atom is -0.310 e. The van der Waals surface area contributed by atoms with Crippen LogP contribution < -0.4 is 5.32 Å². The maximum Gasteiger partial charge on any atom is 0.144 e. The first-order valence-electron chi connectivity index (χ1n) is 6.95. The van der Waals surface area contributed by atoms with E-state index >= 15 is 0 Å². The van der Waals surface area contributed by atoms with Crippen LogP contribution in [0.4, 0.5) is 8.78 Å². The van der Waals surface area contributed by atoms with E-state index in [0.29, 0.717) is 10.5 Å². The van der Waals surface area contributed by atoms with Gasteiger partial charge in [-0.1, -0.05) is 33.1 Å². The molecule has 0 amide bonds. The van der Waals surface area contributed by atoms with E-state index in [1.54, 1.807) is 0 Å². The van der Waals surface area contributed by atoms with Crippen LogP contribution in [-0.2, 0) is 6.54 Å². The van der Waals surface area contributed by atoms with E-state index in [4.69, 9.17) is 0 Å². The fourth-order valence-electron chi connectivity index (χ4n) is 2.12.